The lowest BCUT2D eigenvalue weighted by molar-refractivity contribution is -0.223. The largest absolute Gasteiger partial charge is 0.481 e. The van der Waals surface area contributed by atoms with Gasteiger partial charge in [-0.1, -0.05) is 30.3 Å². The second-order valence-electron chi connectivity index (χ2n) is 7.10. The van der Waals surface area contributed by atoms with Crippen molar-refractivity contribution in [1.29, 1.82) is 0 Å². The van der Waals surface area contributed by atoms with Crippen molar-refractivity contribution in [3.05, 3.63) is 35.9 Å². The van der Waals surface area contributed by atoms with E-state index in [0.29, 0.717) is 6.54 Å². The molecule has 0 spiro atoms. The lowest BCUT2D eigenvalue weighted by Crippen LogP contribution is -2.53. The summed E-state index contributed by atoms with van der Waals surface area (Å²) in [5.74, 6) is -2.84. The van der Waals surface area contributed by atoms with Crippen LogP contribution >= 0.6 is 0 Å². The van der Waals surface area contributed by atoms with Crippen LogP contribution in [0.25, 0.3) is 0 Å². The van der Waals surface area contributed by atoms with Crippen molar-refractivity contribution in [2.24, 2.45) is 11.3 Å². The molecule has 1 N–H and O–H groups in total. The zero-order chi connectivity index (χ0) is 18.9. The van der Waals surface area contributed by atoms with Crippen LogP contribution in [0.5, 0.6) is 0 Å². The van der Waals surface area contributed by atoms with Crippen LogP contribution in [-0.2, 0) is 16.1 Å². The van der Waals surface area contributed by atoms with E-state index >= 15 is 0 Å². The molecule has 0 unspecified atom stereocenters. The van der Waals surface area contributed by atoms with Crippen molar-refractivity contribution in [2.45, 2.75) is 25.6 Å². The number of hydrogen-bond acceptors (Lipinski definition) is 3. The molecule has 0 aromatic heterocycles. The molecule has 0 radical (unpaired) electrons. The van der Waals surface area contributed by atoms with Gasteiger partial charge in [0.25, 0.3) is 0 Å². The fraction of sp³-hybridized carbons (Fsp3) is 0.556. The molecular formula is C18H21F3N2O3. The highest BCUT2D eigenvalue weighted by Crippen LogP contribution is 2.47. The van der Waals surface area contributed by atoms with E-state index in [1.807, 2.05) is 30.3 Å². The third-order valence-corrected chi connectivity index (χ3v) is 5.37. The average Bonchev–Trinajstić information content (AvgIpc) is 3.22. The van der Waals surface area contributed by atoms with Crippen molar-refractivity contribution in [2.75, 3.05) is 26.2 Å². The quantitative estimate of drug-likeness (QED) is 0.884. The predicted molar refractivity (Wildman–Crippen MR) is 87.1 cm³/mol. The second-order valence-corrected chi connectivity index (χ2v) is 7.10. The topological polar surface area (TPSA) is 60.9 Å². The Labute approximate surface area is 149 Å². The maximum absolute atomic E-state index is 13.9. The molecule has 2 atom stereocenters. The number of hydrogen-bond donors (Lipinski definition) is 1. The van der Waals surface area contributed by atoms with Crippen molar-refractivity contribution >= 4 is 11.9 Å². The standard InChI is InChI=1S/C18H21F3N2O3/c19-18(20,21)17(16(26)23-8-6-14(11-23)15(24)25)7-9-22(12-17)10-13-4-2-1-3-5-13/h1-5,14H,6-12H2,(H,24,25)/t14-,17-/m0/s1. The van der Waals surface area contributed by atoms with E-state index in [1.54, 1.807) is 4.90 Å². The molecular weight excluding hydrogens is 349 g/mol. The van der Waals surface area contributed by atoms with Crippen LogP contribution in [-0.4, -0.2) is 59.1 Å². The highest BCUT2D eigenvalue weighted by atomic mass is 19.4. The molecule has 2 heterocycles. The van der Waals surface area contributed by atoms with Gasteiger partial charge in [0.15, 0.2) is 5.41 Å². The van der Waals surface area contributed by atoms with Crippen LogP contribution < -0.4 is 0 Å². The normalized spacial score (nSPS) is 27.0. The third kappa shape index (κ3) is 3.42. The lowest BCUT2D eigenvalue weighted by Gasteiger charge is -2.34. The number of carboxylic acid groups (broad SMARTS) is 1. The van der Waals surface area contributed by atoms with Crippen molar-refractivity contribution in [3.8, 4) is 0 Å². The fourth-order valence-electron chi connectivity index (χ4n) is 3.84. The number of carbonyl (C=O) groups is 2. The van der Waals surface area contributed by atoms with Crippen LogP contribution in [0, 0.1) is 11.3 Å². The van der Waals surface area contributed by atoms with E-state index in [9.17, 15) is 22.8 Å². The van der Waals surface area contributed by atoms with Gasteiger partial charge in [-0.2, -0.15) is 13.2 Å². The van der Waals surface area contributed by atoms with E-state index < -0.39 is 35.9 Å². The first kappa shape index (κ1) is 18.7. The Morgan fingerprint density at radius 1 is 1.19 bits per heavy atom. The number of likely N-dealkylation sites (tertiary alicyclic amines) is 2. The number of nitrogens with zero attached hydrogens (tertiary/aromatic N) is 2. The molecule has 2 aliphatic heterocycles. The molecule has 0 aliphatic carbocycles. The van der Waals surface area contributed by atoms with Crippen LogP contribution in [0.4, 0.5) is 13.2 Å². The van der Waals surface area contributed by atoms with E-state index in [4.69, 9.17) is 5.11 Å². The van der Waals surface area contributed by atoms with Gasteiger partial charge in [-0.05, 0) is 24.9 Å². The van der Waals surface area contributed by atoms with Gasteiger partial charge in [-0.15, -0.1) is 0 Å². The van der Waals surface area contributed by atoms with E-state index in [2.05, 4.69) is 0 Å². The number of carbonyl (C=O) groups excluding carboxylic acids is 1. The van der Waals surface area contributed by atoms with Crippen molar-refractivity contribution in [1.82, 2.24) is 9.80 Å². The molecule has 26 heavy (non-hydrogen) atoms. The molecule has 2 saturated heterocycles. The summed E-state index contributed by atoms with van der Waals surface area (Å²) in [6.45, 7) is 0.0511. The average molecular weight is 370 g/mol. The van der Waals surface area contributed by atoms with Crippen LogP contribution in [0.2, 0.25) is 0 Å². The highest BCUT2D eigenvalue weighted by Gasteiger charge is 2.64. The Bertz CT molecular complexity index is 680. The zero-order valence-electron chi connectivity index (χ0n) is 14.2. The Kier molecular flexibility index (Phi) is 4.96. The summed E-state index contributed by atoms with van der Waals surface area (Å²) in [7, 11) is 0. The van der Waals surface area contributed by atoms with Gasteiger partial charge in [0, 0.05) is 26.2 Å². The van der Waals surface area contributed by atoms with E-state index in [-0.39, 0.29) is 32.5 Å². The number of benzene rings is 1. The summed E-state index contributed by atoms with van der Waals surface area (Å²) in [5, 5.41) is 9.04. The van der Waals surface area contributed by atoms with E-state index in [1.165, 1.54) is 0 Å². The minimum absolute atomic E-state index is 0.0618. The first-order chi connectivity index (χ1) is 12.2. The Balaban J connectivity index is 1.76. The van der Waals surface area contributed by atoms with Crippen molar-refractivity contribution in [3.63, 3.8) is 0 Å². The minimum atomic E-state index is -4.67. The van der Waals surface area contributed by atoms with Gasteiger partial charge in [0.2, 0.25) is 5.91 Å². The number of carboxylic acids is 1. The second kappa shape index (κ2) is 6.90. The Hall–Kier alpha value is -2.09. The number of aliphatic carboxylic acids is 1. The number of rotatable bonds is 4. The number of alkyl halides is 3. The van der Waals surface area contributed by atoms with Gasteiger partial charge in [0.05, 0.1) is 5.92 Å². The lowest BCUT2D eigenvalue weighted by atomic mass is 9.84. The maximum atomic E-state index is 13.9. The number of halogens is 3. The highest BCUT2D eigenvalue weighted by molar-refractivity contribution is 5.85. The molecule has 1 amide bonds. The Morgan fingerprint density at radius 2 is 1.88 bits per heavy atom. The fourth-order valence-corrected chi connectivity index (χ4v) is 3.84. The maximum Gasteiger partial charge on any atom is 0.404 e. The molecule has 5 nitrogen and oxygen atoms in total. The molecule has 1 aromatic carbocycles. The van der Waals surface area contributed by atoms with Gasteiger partial charge in [-0.3, -0.25) is 14.5 Å². The van der Waals surface area contributed by atoms with Gasteiger partial charge in [0.1, 0.15) is 0 Å². The summed E-state index contributed by atoms with van der Waals surface area (Å²) in [4.78, 5) is 26.5. The third-order valence-electron chi connectivity index (χ3n) is 5.37. The summed E-state index contributed by atoms with van der Waals surface area (Å²) in [5.41, 5.74) is -1.56. The predicted octanol–water partition coefficient (Wildman–Crippen LogP) is 2.37. The molecule has 2 fully saturated rings. The molecule has 142 valence electrons. The number of amides is 1. The molecule has 1 aromatic rings. The zero-order valence-corrected chi connectivity index (χ0v) is 14.2. The summed E-state index contributed by atoms with van der Waals surface area (Å²) >= 11 is 0. The summed E-state index contributed by atoms with van der Waals surface area (Å²) < 4.78 is 41.7. The SMILES string of the molecule is O=C(O)[C@H]1CCN(C(=O)[C@]2(C(F)(F)F)CCN(Cc3ccccc3)C2)C1. The summed E-state index contributed by atoms with van der Waals surface area (Å²) in [6.07, 6.45) is -4.77. The first-order valence-electron chi connectivity index (χ1n) is 8.58. The molecule has 2 aliphatic rings. The van der Waals surface area contributed by atoms with Crippen LogP contribution in [0.1, 0.15) is 18.4 Å². The first-order valence-corrected chi connectivity index (χ1v) is 8.58. The monoisotopic (exact) mass is 370 g/mol. The Morgan fingerprint density at radius 3 is 2.46 bits per heavy atom. The van der Waals surface area contributed by atoms with Gasteiger partial charge < -0.3 is 10.0 Å². The molecule has 8 heteroatoms. The molecule has 0 saturated carbocycles. The molecule has 0 bridgehead atoms. The van der Waals surface area contributed by atoms with Gasteiger partial charge in [-0.25, -0.2) is 0 Å². The summed E-state index contributed by atoms with van der Waals surface area (Å²) in [6, 6.07) is 9.16. The smallest absolute Gasteiger partial charge is 0.404 e. The minimum Gasteiger partial charge on any atom is -0.481 e. The van der Waals surface area contributed by atoms with Crippen LogP contribution in [0.3, 0.4) is 0 Å². The van der Waals surface area contributed by atoms with E-state index in [0.717, 1.165) is 10.5 Å². The van der Waals surface area contributed by atoms with Crippen molar-refractivity contribution < 1.29 is 27.9 Å². The van der Waals surface area contributed by atoms with Gasteiger partial charge >= 0.3 is 12.1 Å². The van der Waals surface area contributed by atoms with Crippen LogP contribution in [0.15, 0.2) is 30.3 Å². The molecule has 3 rings (SSSR count).